The zero-order valence-corrected chi connectivity index (χ0v) is 13.9. The second-order valence-corrected chi connectivity index (χ2v) is 6.11. The Balaban J connectivity index is 1.47. The van der Waals surface area contributed by atoms with Crippen LogP contribution in [0, 0.1) is 6.92 Å². The van der Waals surface area contributed by atoms with E-state index in [0.717, 1.165) is 10.9 Å². The van der Waals surface area contributed by atoms with Gasteiger partial charge in [-0.1, -0.05) is 6.07 Å². The predicted molar refractivity (Wildman–Crippen MR) is 91.3 cm³/mol. The Bertz CT molecular complexity index is 935. The number of H-pyrrole nitrogens is 1. The third-order valence-electron chi connectivity index (χ3n) is 4.66. The van der Waals surface area contributed by atoms with Gasteiger partial charge in [-0.25, -0.2) is 0 Å². The predicted octanol–water partition coefficient (Wildman–Crippen LogP) is 2.06. The van der Waals surface area contributed by atoms with E-state index >= 15 is 0 Å². The zero-order chi connectivity index (χ0) is 17.4. The molecule has 7 nitrogen and oxygen atoms in total. The average Bonchev–Trinajstić information content (AvgIpc) is 3.29. The van der Waals surface area contributed by atoms with Gasteiger partial charge in [0.25, 0.3) is 11.8 Å². The molecule has 3 aromatic rings. The van der Waals surface area contributed by atoms with Crippen LogP contribution in [0.2, 0.25) is 0 Å². The molecule has 128 valence electrons. The van der Waals surface area contributed by atoms with Gasteiger partial charge >= 0.3 is 0 Å². The molecule has 1 N–H and O–H groups in total. The topological polar surface area (TPSA) is 82.4 Å². The van der Waals surface area contributed by atoms with Crippen LogP contribution in [0.25, 0.3) is 10.9 Å². The molecule has 2 amide bonds. The number of hydrogen-bond donors (Lipinski definition) is 1. The quantitative estimate of drug-likeness (QED) is 0.775. The van der Waals surface area contributed by atoms with Crippen LogP contribution in [0.4, 0.5) is 0 Å². The van der Waals surface area contributed by atoms with Crippen molar-refractivity contribution in [1.29, 1.82) is 0 Å². The normalized spacial score (nSPS) is 14.9. The molecule has 0 unspecified atom stereocenters. The van der Waals surface area contributed by atoms with Gasteiger partial charge < -0.3 is 14.2 Å². The van der Waals surface area contributed by atoms with Crippen LogP contribution >= 0.6 is 0 Å². The van der Waals surface area contributed by atoms with Crippen LogP contribution in [-0.2, 0) is 0 Å². The van der Waals surface area contributed by atoms with E-state index in [2.05, 4.69) is 10.2 Å². The van der Waals surface area contributed by atoms with Gasteiger partial charge in [-0.3, -0.25) is 14.7 Å². The summed E-state index contributed by atoms with van der Waals surface area (Å²) < 4.78 is 5.21. The fourth-order valence-corrected chi connectivity index (χ4v) is 3.21. The fraction of sp³-hybridized carbons (Fsp3) is 0.278. The van der Waals surface area contributed by atoms with Crippen molar-refractivity contribution in [2.24, 2.45) is 0 Å². The van der Waals surface area contributed by atoms with E-state index in [1.54, 1.807) is 29.0 Å². The number of amides is 2. The monoisotopic (exact) mass is 338 g/mol. The van der Waals surface area contributed by atoms with Gasteiger partial charge in [0.15, 0.2) is 0 Å². The summed E-state index contributed by atoms with van der Waals surface area (Å²) >= 11 is 0. The number of aryl methyl sites for hydroxylation is 1. The Labute approximate surface area is 144 Å². The molecule has 0 bridgehead atoms. The zero-order valence-electron chi connectivity index (χ0n) is 13.9. The van der Waals surface area contributed by atoms with Gasteiger partial charge in [-0.2, -0.15) is 5.10 Å². The van der Waals surface area contributed by atoms with Gasteiger partial charge in [0.05, 0.1) is 29.1 Å². The first-order valence-electron chi connectivity index (χ1n) is 8.20. The van der Waals surface area contributed by atoms with E-state index < -0.39 is 0 Å². The molecule has 1 aromatic carbocycles. The SMILES string of the molecule is Cc1occc1C(=O)N1CCN(C(=O)c2cccc3[nH]ncc23)CC1. The fourth-order valence-electron chi connectivity index (χ4n) is 3.21. The Morgan fingerprint density at radius 3 is 2.36 bits per heavy atom. The van der Waals surface area contributed by atoms with Crippen molar-refractivity contribution in [3.05, 3.63) is 53.6 Å². The summed E-state index contributed by atoms with van der Waals surface area (Å²) in [5.74, 6) is 0.545. The summed E-state index contributed by atoms with van der Waals surface area (Å²) in [6.45, 7) is 3.82. The number of carbonyl (C=O) groups excluding carboxylic acids is 2. The highest BCUT2D eigenvalue weighted by atomic mass is 16.3. The first-order chi connectivity index (χ1) is 12.1. The lowest BCUT2D eigenvalue weighted by atomic mass is 10.1. The maximum Gasteiger partial charge on any atom is 0.257 e. The number of piperazine rings is 1. The molecular formula is C18H18N4O3. The first kappa shape index (κ1) is 15.4. The highest BCUT2D eigenvalue weighted by Gasteiger charge is 2.27. The molecule has 7 heteroatoms. The summed E-state index contributed by atoms with van der Waals surface area (Å²) in [6.07, 6.45) is 3.19. The number of nitrogens with one attached hydrogen (secondary N) is 1. The maximum absolute atomic E-state index is 12.8. The Hall–Kier alpha value is -3.09. The van der Waals surface area contributed by atoms with Crippen molar-refractivity contribution in [1.82, 2.24) is 20.0 Å². The smallest absolute Gasteiger partial charge is 0.257 e. The number of furan rings is 1. The summed E-state index contributed by atoms with van der Waals surface area (Å²) in [5, 5.41) is 7.70. The van der Waals surface area contributed by atoms with Crippen LogP contribution in [0.5, 0.6) is 0 Å². The van der Waals surface area contributed by atoms with E-state index in [-0.39, 0.29) is 11.8 Å². The van der Waals surface area contributed by atoms with E-state index in [9.17, 15) is 9.59 Å². The van der Waals surface area contributed by atoms with Gasteiger partial charge in [0.1, 0.15) is 5.76 Å². The molecule has 25 heavy (non-hydrogen) atoms. The Morgan fingerprint density at radius 1 is 1.04 bits per heavy atom. The van der Waals surface area contributed by atoms with Crippen molar-refractivity contribution in [3.63, 3.8) is 0 Å². The van der Waals surface area contributed by atoms with E-state index in [4.69, 9.17) is 4.42 Å². The van der Waals surface area contributed by atoms with E-state index in [1.165, 1.54) is 6.26 Å². The van der Waals surface area contributed by atoms with E-state index in [1.807, 2.05) is 18.2 Å². The second kappa shape index (κ2) is 6.08. The number of fused-ring (bicyclic) bond motifs is 1. The molecule has 1 saturated heterocycles. The molecule has 0 saturated carbocycles. The number of nitrogens with zero attached hydrogens (tertiary/aromatic N) is 3. The van der Waals surface area contributed by atoms with Gasteiger partial charge in [0.2, 0.25) is 0 Å². The molecular weight excluding hydrogens is 320 g/mol. The molecule has 1 aliphatic rings. The lowest BCUT2D eigenvalue weighted by Crippen LogP contribution is -2.50. The average molecular weight is 338 g/mol. The second-order valence-electron chi connectivity index (χ2n) is 6.11. The number of carbonyl (C=O) groups is 2. The number of hydrogen-bond acceptors (Lipinski definition) is 4. The van der Waals surface area contributed by atoms with Crippen LogP contribution in [-0.4, -0.2) is 58.0 Å². The molecule has 3 heterocycles. The molecule has 0 aliphatic carbocycles. The van der Waals surface area contributed by atoms with Crippen LogP contribution < -0.4 is 0 Å². The standard InChI is InChI=1S/C18H18N4O3/c1-12-13(5-10-25-12)17(23)21-6-8-22(9-7-21)18(24)14-3-2-4-16-15(14)11-19-20-16/h2-5,10-11H,6-9H2,1H3,(H,19,20). The first-order valence-corrected chi connectivity index (χ1v) is 8.20. The lowest BCUT2D eigenvalue weighted by molar-refractivity contribution is 0.0535. The minimum atomic E-state index is -0.0460. The van der Waals surface area contributed by atoms with Crippen molar-refractivity contribution in [3.8, 4) is 0 Å². The third-order valence-corrected chi connectivity index (χ3v) is 4.66. The van der Waals surface area contributed by atoms with Gasteiger partial charge in [-0.15, -0.1) is 0 Å². The Kier molecular flexibility index (Phi) is 3.76. The summed E-state index contributed by atoms with van der Waals surface area (Å²) in [6, 6.07) is 7.24. The summed E-state index contributed by atoms with van der Waals surface area (Å²) in [4.78, 5) is 28.9. The highest BCUT2D eigenvalue weighted by molar-refractivity contribution is 6.06. The minimum absolute atomic E-state index is 0.0291. The van der Waals surface area contributed by atoms with Crippen molar-refractivity contribution in [2.45, 2.75) is 6.92 Å². The maximum atomic E-state index is 12.8. The molecule has 0 radical (unpaired) electrons. The number of rotatable bonds is 2. The van der Waals surface area contributed by atoms with Crippen LogP contribution in [0.15, 0.2) is 41.1 Å². The van der Waals surface area contributed by atoms with E-state index in [0.29, 0.717) is 43.1 Å². The largest absolute Gasteiger partial charge is 0.469 e. The van der Waals surface area contributed by atoms with Crippen LogP contribution in [0.1, 0.15) is 26.5 Å². The molecule has 1 aliphatic heterocycles. The molecule has 4 rings (SSSR count). The van der Waals surface area contributed by atoms with Crippen LogP contribution in [0.3, 0.4) is 0 Å². The lowest BCUT2D eigenvalue weighted by Gasteiger charge is -2.34. The van der Waals surface area contributed by atoms with Crippen molar-refractivity contribution in [2.75, 3.05) is 26.2 Å². The van der Waals surface area contributed by atoms with Crippen molar-refractivity contribution >= 4 is 22.7 Å². The van der Waals surface area contributed by atoms with Crippen molar-refractivity contribution < 1.29 is 14.0 Å². The summed E-state index contributed by atoms with van der Waals surface area (Å²) in [5.41, 5.74) is 2.06. The molecule has 1 fully saturated rings. The molecule has 0 spiro atoms. The minimum Gasteiger partial charge on any atom is -0.469 e. The number of aromatic nitrogens is 2. The van der Waals surface area contributed by atoms with Gasteiger partial charge in [0, 0.05) is 31.6 Å². The highest BCUT2D eigenvalue weighted by Crippen LogP contribution is 2.19. The molecule has 0 atom stereocenters. The van der Waals surface area contributed by atoms with Gasteiger partial charge in [-0.05, 0) is 25.1 Å². The number of benzene rings is 1. The Morgan fingerprint density at radius 2 is 1.72 bits per heavy atom. The number of aromatic amines is 1. The third kappa shape index (κ3) is 2.67. The summed E-state index contributed by atoms with van der Waals surface area (Å²) in [7, 11) is 0. The molecule has 2 aromatic heterocycles.